The summed E-state index contributed by atoms with van der Waals surface area (Å²) in [5, 5.41) is 15.4. The van der Waals surface area contributed by atoms with Gasteiger partial charge in [-0.25, -0.2) is 13.2 Å². The Morgan fingerprint density at radius 3 is 2.53 bits per heavy atom. The zero-order valence-electron chi connectivity index (χ0n) is 19.5. The SMILES string of the molecule is C=Ic1cccc(C2(C#N)CCN(S(=O)(=O)c3ccc(NC(=O)NCc4cccnc4)cc3)CC2)c1. The Bertz CT molecular complexity index is 1380. The van der Waals surface area contributed by atoms with Gasteiger partial charge in [-0.15, -0.1) is 0 Å². The van der Waals surface area contributed by atoms with Crippen molar-refractivity contribution < 1.29 is 13.2 Å². The van der Waals surface area contributed by atoms with E-state index in [4.69, 9.17) is 0 Å². The summed E-state index contributed by atoms with van der Waals surface area (Å²) in [6, 6.07) is 19.8. The van der Waals surface area contributed by atoms with Gasteiger partial charge >= 0.3 is 6.03 Å². The van der Waals surface area contributed by atoms with Crippen LogP contribution < -0.4 is 10.6 Å². The van der Waals surface area contributed by atoms with Gasteiger partial charge in [0.25, 0.3) is 0 Å². The number of sulfonamides is 1. The molecule has 2 aromatic carbocycles. The van der Waals surface area contributed by atoms with Crippen LogP contribution in [0.1, 0.15) is 24.0 Å². The lowest BCUT2D eigenvalue weighted by molar-refractivity contribution is 0.251. The van der Waals surface area contributed by atoms with Crippen LogP contribution in [0, 0.1) is 14.9 Å². The molecule has 36 heavy (non-hydrogen) atoms. The summed E-state index contributed by atoms with van der Waals surface area (Å²) in [5.74, 6) is 0. The van der Waals surface area contributed by atoms with Gasteiger partial charge in [-0.05, 0) is 66.4 Å². The molecule has 8 nitrogen and oxygen atoms in total. The molecule has 2 amide bonds. The number of piperidine rings is 1. The van der Waals surface area contributed by atoms with Crippen LogP contribution in [-0.4, -0.2) is 41.3 Å². The van der Waals surface area contributed by atoms with Crippen molar-refractivity contribution in [2.24, 2.45) is 0 Å². The Kier molecular flexibility index (Phi) is 8.13. The Morgan fingerprint density at radius 2 is 1.89 bits per heavy atom. The van der Waals surface area contributed by atoms with Crippen molar-refractivity contribution in [2.75, 3.05) is 18.4 Å². The summed E-state index contributed by atoms with van der Waals surface area (Å²) in [6.45, 7) is 0.846. The highest BCUT2D eigenvalue weighted by Crippen LogP contribution is 2.37. The number of halogens is 1. The molecule has 0 bridgehead atoms. The van der Waals surface area contributed by atoms with E-state index in [0.29, 0.717) is 25.1 Å². The second-order valence-corrected chi connectivity index (χ2v) is 12.4. The van der Waals surface area contributed by atoms with Crippen LogP contribution in [-0.2, 0) is 22.0 Å². The number of nitriles is 1. The lowest BCUT2D eigenvalue weighted by Crippen LogP contribution is -2.44. The van der Waals surface area contributed by atoms with E-state index in [-0.39, 0.29) is 38.7 Å². The average Bonchev–Trinajstić information content (AvgIpc) is 2.93. The molecule has 186 valence electrons. The van der Waals surface area contributed by atoms with Crippen LogP contribution in [0.3, 0.4) is 0 Å². The van der Waals surface area contributed by atoms with Crippen molar-refractivity contribution in [3.63, 3.8) is 0 Å². The van der Waals surface area contributed by atoms with Crippen LogP contribution in [0.2, 0.25) is 0 Å². The number of pyridine rings is 1. The van der Waals surface area contributed by atoms with Gasteiger partial charge in [0, 0.05) is 41.3 Å². The molecule has 1 fully saturated rings. The van der Waals surface area contributed by atoms with Gasteiger partial charge in [-0.1, -0.05) is 43.4 Å². The van der Waals surface area contributed by atoms with Gasteiger partial charge in [0.15, 0.2) is 0 Å². The Morgan fingerprint density at radius 1 is 1.14 bits per heavy atom. The zero-order chi connectivity index (χ0) is 25.6. The Labute approximate surface area is 221 Å². The molecule has 0 saturated carbocycles. The number of amides is 2. The molecular formula is C26H26IN5O3S. The van der Waals surface area contributed by atoms with Crippen LogP contribution in [0.5, 0.6) is 0 Å². The topological polar surface area (TPSA) is 115 Å². The van der Waals surface area contributed by atoms with E-state index in [9.17, 15) is 18.5 Å². The van der Waals surface area contributed by atoms with Crippen molar-refractivity contribution in [1.82, 2.24) is 14.6 Å². The lowest BCUT2D eigenvalue weighted by atomic mass is 9.74. The Balaban J connectivity index is 1.38. The number of carbonyl (C=O) groups is 1. The third-order valence-corrected chi connectivity index (χ3v) is 9.71. The molecule has 3 aromatic rings. The molecule has 1 aromatic heterocycles. The third kappa shape index (κ3) is 5.80. The number of aromatic nitrogens is 1. The number of nitrogens with zero attached hydrogens (tertiary/aromatic N) is 3. The number of anilines is 1. The Hall–Kier alpha value is -3.14. The minimum Gasteiger partial charge on any atom is -0.334 e. The average molecular weight is 615 g/mol. The van der Waals surface area contributed by atoms with Gasteiger partial charge in [-0.2, -0.15) is 9.57 Å². The maximum Gasteiger partial charge on any atom is 0.319 e. The van der Waals surface area contributed by atoms with Gasteiger partial charge in [-0.3, -0.25) is 4.98 Å². The van der Waals surface area contributed by atoms with Crippen LogP contribution >= 0.6 is 20.7 Å². The van der Waals surface area contributed by atoms with E-state index in [0.717, 1.165) is 14.7 Å². The summed E-state index contributed by atoms with van der Waals surface area (Å²) in [5.41, 5.74) is 1.60. The summed E-state index contributed by atoms with van der Waals surface area (Å²) >= 11 is -0.337. The highest BCUT2D eigenvalue weighted by molar-refractivity contribution is 14.2. The standard InChI is InChI=1S/C26H26IN5O3S/c1-27-22-6-2-5-21(16-22)26(19-28)11-14-32(15-12-26)36(34,35)24-9-7-23(8-10-24)31-25(33)30-18-20-4-3-13-29-17-20/h2-10,13,16-17H,1,11-12,14-15,18H2,(H2,30,31,33). The molecule has 1 saturated heterocycles. The first kappa shape index (κ1) is 25.9. The van der Waals surface area contributed by atoms with Crippen LogP contribution in [0.25, 0.3) is 0 Å². The minimum absolute atomic E-state index is 0.150. The van der Waals surface area contributed by atoms with E-state index in [1.165, 1.54) is 16.4 Å². The van der Waals surface area contributed by atoms with Gasteiger partial charge < -0.3 is 10.6 Å². The molecule has 4 rings (SSSR count). The number of carbonyl (C=O) groups excluding carboxylic acids is 1. The predicted molar refractivity (Wildman–Crippen MR) is 148 cm³/mol. The maximum absolute atomic E-state index is 13.2. The largest absolute Gasteiger partial charge is 0.334 e. The fourth-order valence-electron chi connectivity index (χ4n) is 4.16. The van der Waals surface area contributed by atoms with Gasteiger partial charge in [0.2, 0.25) is 10.0 Å². The van der Waals surface area contributed by atoms with Crippen molar-refractivity contribution in [3.8, 4) is 6.07 Å². The predicted octanol–water partition coefficient (Wildman–Crippen LogP) is 4.22. The lowest BCUT2D eigenvalue weighted by Gasteiger charge is -2.37. The van der Waals surface area contributed by atoms with E-state index in [1.807, 2.05) is 30.3 Å². The molecule has 0 atom stereocenters. The fourth-order valence-corrected chi connectivity index (χ4v) is 6.62. The number of urea groups is 1. The van der Waals surface area contributed by atoms with Crippen molar-refractivity contribution in [3.05, 3.63) is 87.8 Å². The molecule has 0 aliphatic carbocycles. The molecule has 10 heteroatoms. The summed E-state index contributed by atoms with van der Waals surface area (Å²) < 4.78 is 33.1. The number of rotatable bonds is 7. The third-order valence-electron chi connectivity index (χ3n) is 6.25. The number of benzene rings is 2. The minimum atomic E-state index is -3.72. The summed E-state index contributed by atoms with van der Waals surface area (Å²) in [7, 11) is -3.72. The second-order valence-electron chi connectivity index (χ2n) is 8.44. The smallest absolute Gasteiger partial charge is 0.319 e. The quantitative estimate of drug-likeness (QED) is 0.387. The molecule has 0 radical (unpaired) electrons. The van der Waals surface area contributed by atoms with Crippen LogP contribution in [0.4, 0.5) is 10.5 Å². The number of hydrogen-bond acceptors (Lipinski definition) is 5. The molecule has 0 unspecified atom stereocenters. The normalized spacial score (nSPS) is 15.5. The van der Waals surface area contributed by atoms with Gasteiger partial charge in [0.1, 0.15) is 0 Å². The van der Waals surface area contributed by atoms with Crippen molar-refractivity contribution in [1.29, 1.82) is 5.26 Å². The van der Waals surface area contributed by atoms with Crippen molar-refractivity contribution >= 4 is 47.0 Å². The molecular weight excluding hydrogens is 589 g/mol. The molecule has 1 aliphatic heterocycles. The highest BCUT2D eigenvalue weighted by atomic mass is 127. The van der Waals surface area contributed by atoms with E-state index < -0.39 is 21.5 Å². The highest BCUT2D eigenvalue weighted by Gasteiger charge is 2.40. The molecule has 2 heterocycles. The summed E-state index contributed by atoms with van der Waals surface area (Å²) in [4.78, 5) is 16.3. The first-order chi connectivity index (χ1) is 17.4. The number of hydrogen-bond donors (Lipinski definition) is 2. The zero-order valence-corrected chi connectivity index (χ0v) is 22.5. The van der Waals surface area contributed by atoms with Gasteiger partial charge in [0.05, 0.1) is 16.4 Å². The maximum atomic E-state index is 13.2. The molecule has 2 N–H and O–H groups in total. The monoisotopic (exact) mass is 615 g/mol. The molecule has 0 spiro atoms. The van der Waals surface area contributed by atoms with E-state index in [2.05, 4.69) is 26.2 Å². The second kappa shape index (κ2) is 11.3. The molecule has 1 aliphatic rings. The van der Waals surface area contributed by atoms with Crippen LogP contribution in [0.15, 0.2) is 78.0 Å². The van der Waals surface area contributed by atoms with E-state index >= 15 is 0 Å². The first-order valence-electron chi connectivity index (χ1n) is 11.3. The first-order valence-corrected chi connectivity index (χ1v) is 15.3. The van der Waals surface area contributed by atoms with E-state index in [1.54, 1.807) is 30.6 Å². The fraction of sp³-hybridized carbons (Fsp3) is 0.231. The number of nitrogens with one attached hydrogen (secondary N) is 2. The summed E-state index contributed by atoms with van der Waals surface area (Å²) in [6.07, 6.45) is 4.19. The van der Waals surface area contributed by atoms with Crippen molar-refractivity contribution in [2.45, 2.75) is 29.7 Å².